The van der Waals surface area contributed by atoms with Gasteiger partial charge in [-0.15, -0.1) is 0 Å². The standard InChI is InChI=1S/C27H31N3O3/c1-4-30(24-8-6-5-7-9-24)27(32)21-10-12-23(13-11-21)29-26(31)18-28-22-14-16-25(17-15-22)33-19-20(2)3/h5-17,20,28H,4,18-19H2,1-3H3,(H,29,31). The average molecular weight is 446 g/mol. The molecular formula is C27H31N3O3. The highest BCUT2D eigenvalue weighted by Crippen LogP contribution is 2.19. The number of anilines is 3. The predicted molar refractivity (Wildman–Crippen MR) is 134 cm³/mol. The molecule has 0 aromatic heterocycles. The summed E-state index contributed by atoms with van der Waals surface area (Å²) in [5.41, 5.74) is 2.90. The molecular weight excluding hydrogens is 414 g/mol. The van der Waals surface area contributed by atoms with Gasteiger partial charge in [0.15, 0.2) is 0 Å². The molecule has 2 N–H and O–H groups in total. The van der Waals surface area contributed by atoms with E-state index in [9.17, 15) is 9.59 Å². The molecule has 0 unspecified atom stereocenters. The SMILES string of the molecule is CCN(C(=O)c1ccc(NC(=O)CNc2ccc(OCC(C)C)cc2)cc1)c1ccccc1. The molecule has 0 aliphatic rings. The van der Waals surface area contributed by atoms with E-state index in [-0.39, 0.29) is 18.4 Å². The van der Waals surface area contributed by atoms with E-state index in [0.29, 0.717) is 30.3 Å². The highest BCUT2D eigenvalue weighted by molar-refractivity contribution is 6.06. The number of carbonyl (C=O) groups is 2. The van der Waals surface area contributed by atoms with Crippen LogP contribution in [0.4, 0.5) is 17.1 Å². The number of hydrogen-bond donors (Lipinski definition) is 2. The third-order valence-electron chi connectivity index (χ3n) is 4.94. The number of hydrogen-bond acceptors (Lipinski definition) is 4. The summed E-state index contributed by atoms with van der Waals surface area (Å²) in [5.74, 6) is 1.02. The second-order valence-electron chi connectivity index (χ2n) is 8.09. The summed E-state index contributed by atoms with van der Waals surface area (Å²) >= 11 is 0. The van der Waals surface area contributed by atoms with Crippen molar-refractivity contribution in [3.63, 3.8) is 0 Å². The van der Waals surface area contributed by atoms with Crippen molar-refractivity contribution in [3.8, 4) is 5.75 Å². The van der Waals surface area contributed by atoms with Crippen molar-refractivity contribution in [2.45, 2.75) is 20.8 Å². The Morgan fingerprint density at radius 2 is 1.52 bits per heavy atom. The molecule has 0 spiro atoms. The molecule has 33 heavy (non-hydrogen) atoms. The van der Waals surface area contributed by atoms with Gasteiger partial charge in [-0.25, -0.2) is 0 Å². The number of nitrogens with one attached hydrogen (secondary N) is 2. The molecule has 6 nitrogen and oxygen atoms in total. The second-order valence-corrected chi connectivity index (χ2v) is 8.09. The lowest BCUT2D eigenvalue weighted by Crippen LogP contribution is -2.30. The first-order valence-electron chi connectivity index (χ1n) is 11.2. The highest BCUT2D eigenvalue weighted by atomic mass is 16.5. The third-order valence-corrected chi connectivity index (χ3v) is 4.94. The molecule has 0 bridgehead atoms. The Kier molecular flexibility index (Phi) is 8.47. The van der Waals surface area contributed by atoms with Crippen LogP contribution in [0.3, 0.4) is 0 Å². The lowest BCUT2D eigenvalue weighted by atomic mass is 10.1. The van der Waals surface area contributed by atoms with Gasteiger partial charge in [-0.1, -0.05) is 32.0 Å². The third kappa shape index (κ3) is 7.10. The minimum atomic E-state index is -0.173. The van der Waals surface area contributed by atoms with Gasteiger partial charge >= 0.3 is 0 Å². The van der Waals surface area contributed by atoms with E-state index in [2.05, 4.69) is 24.5 Å². The summed E-state index contributed by atoms with van der Waals surface area (Å²) < 4.78 is 5.67. The first kappa shape index (κ1) is 23.9. The first-order chi connectivity index (χ1) is 16.0. The molecule has 0 saturated carbocycles. The van der Waals surface area contributed by atoms with Gasteiger partial charge in [-0.3, -0.25) is 9.59 Å². The molecule has 0 atom stereocenters. The summed E-state index contributed by atoms with van der Waals surface area (Å²) in [4.78, 5) is 26.9. The van der Waals surface area contributed by atoms with Crippen molar-refractivity contribution >= 4 is 28.9 Å². The van der Waals surface area contributed by atoms with E-state index >= 15 is 0 Å². The Hall–Kier alpha value is -3.80. The summed E-state index contributed by atoms with van der Waals surface area (Å²) in [5, 5.41) is 5.95. The Bertz CT molecular complexity index is 1030. The minimum absolute atomic E-state index is 0.0796. The lowest BCUT2D eigenvalue weighted by Gasteiger charge is -2.21. The topological polar surface area (TPSA) is 70.7 Å². The molecule has 0 fully saturated rings. The molecule has 3 aromatic rings. The van der Waals surface area contributed by atoms with Crippen LogP contribution in [0.2, 0.25) is 0 Å². The molecule has 3 aromatic carbocycles. The summed E-state index contributed by atoms with van der Waals surface area (Å²) in [7, 11) is 0. The molecule has 0 aliphatic carbocycles. The van der Waals surface area contributed by atoms with Gasteiger partial charge in [0.2, 0.25) is 5.91 Å². The van der Waals surface area contributed by atoms with E-state index in [4.69, 9.17) is 4.74 Å². The van der Waals surface area contributed by atoms with Crippen molar-refractivity contribution < 1.29 is 14.3 Å². The smallest absolute Gasteiger partial charge is 0.258 e. The van der Waals surface area contributed by atoms with Crippen LogP contribution in [-0.4, -0.2) is 31.5 Å². The van der Waals surface area contributed by atoms with Gasteiger partial charge in [0.1, 0.15) is 5.75 Å². The molecule has 6 heteroatoms. The Morgan fingerprint density at radius 3 is 2.12 bits per heavy atom. The van der Waals surface area contributed by atoms with Crippen LogP contribution < -0.4 is 20.3 Å². The van der Waals surface area contributed by atoms with Crippen LogP contribution in [0.5, 0.6) is 5.75 Å². The van der Waals surface area contributed by atoms with Crippen LogP contribution in [0.25, 0.3) is 0 Å². The van der Waals surface area contributed by atoms with E-state index in [1.807, 2.05) is 61.5 Å². The summed E-state index contributed by atoms with van der Waals surface area (Å²) in [6.45, 7) is 7.51. The number of benzene rings is 3. The Balaban J connectivity index is 1.51. The number of ether oxygens (including phenoxy) is 1. The quantitative estimate of drug-likeness (QED) is 0.436. The normalized spacial score (nSPS) is 10.5. The maximum atomic E-state index is 12.9. The number of para-hydroxylation sites is 1. The number of carbonyl (C=O) groups excluding carboxylic acids is 2. The van der Waals surface area contributed by atoms with E-state index in [0.717, 1.165) is 17.1 Å². The fraction of sp³-hybridized carbons (Fsp3) is 0.259. The van der Waals surface area contributed by atoms with Crippen LogP contribution in [0, 0.1) is 5.92 Å². The molecule has 3 rings (SSSR count). The van der Waals surface area contributed by atoms with Crippen molar-refractivity contribution in [1.82, 2.24) is 0 Å². The van der Waals surface area contributed by atoms with Gasteiger partial charge in [0, 0.05) is 29.2 Å². The second kappa shape index (κ2) is 11.7. The number of nitrogens with zero attached hydrogens (tertiary/aromatic N) is 1. The molecule has 0 aliphatic heterocycles. The van der Waals surface area contributed by atoms with Crippen LogP contribution in [0.15, 0.2) is 78.9 Å². The zero-order valence-corrected chi connectivity index (χ0v) is 19.4. The Morgan fingerprint density at radius 1 is 0.879 bits per heavy atom. The minimum Gasteiger partial charge on any atom is -0.493 e. The van der Waals surface area contributed by atoms with Gasteiger partial charge in [-0.2, -0.15) is 0 Å². The predicted octanol–water partition coefficient (Wildman–Crippen LogP) is 5.44. The maximum Gasteiger partial charge on any atom is 0.258 e. The van der Waals surface area contributed by atoms with E-state index in [1.165, 1.54) is 0 Å². The Labute approximate surface area is 195 Å². The first-order valence-corrected chi connectivity index (χ1v) is 11.2. The van der Waals surface area contributed by atoms with E-state index in [1.54, 1.807) is 29.2 Å². The largest absolute Gasteiger partial charge is 0.493 e. The van der Waals surface area contributed by atoms with Gasteiger partial charge < -0.3 is 20.3 Å². The van der Waals surface area contributed by atoms with Gasteiger partial charge in [0.25, 0.3) is 5.91 Å². The van der Waals surface area contributed by atoms with Crippen molar-refractivity contribution in [2.24, 2.45) is 5.92 Å². The van der Waals surface area contributed by atoms with Crippen molar-refractivity contribution in [3.05, 3.63) is 84.4 Å². The van der Waals surface area contributed by atoms with E-state index < -0.39 is 0 Å². The van der Waals surface area contributed by atoms with Crippen LogP contribution in [0.1, 0.15) is 31.1 Å². The molecule has 0 heterocycles. The monoisotopic (exact) mass is 445 g/mol. The molecule has 0 radical (unpaired) electrons. The van der Waals surface area contributed by atoms with Crippen molar-refractivity contribution in [1.29, 1.82) is 0 Å². The van der Waals surface area contributed by atoms with Crippen molar-refractivity contribution in [2.75, 3.05) is 35.2 Å². The number of amides is 2. The van der Waals surface area contributed by atoms with Gasteiger partial charge in [0.05, 0.1) is 13.2 Å². The zero-order valence-electron chi connectivity index (χ0n) is 19.4. The fourth-order valence-corrected chi connectivity index (χ4v) is 3.22. The fourth-order valence-electron chi connectivity index (χ4n) is 3.22. The number of rotatable bonds is 10. The average Bonchev–Trinajstić information content (AvgIpc) is 2.83. The maximum absolute atomic E-state index is 12.9. The molecule has 0 saturated heterocycles. The summed E-state index contributed by atoms with van der Waals surface area (Å²) in [6, 6.07) is 24.0. The van der Waals surface area contributed by atoms with Gasteiger partial charge in [-0.05, 0) is 73.5 Å². The zero-order chi connectivity index (χ0) is 23.6. The highest BCUT2D eigenvalue weighted by Gasteiger charge is 2.16. The van der Waals surface area contributed by atoms with Crippen LogP contribution >= 0.6 is 0 Å². The molecule has 2 amide bonds. The molecule has 172 valence electrons. The van der Waals surface area contributed by atoms with Crippen LogP contribution in [-0.2, 0) is 4.79 Å². The lowest BCUT2D eigenvalue weighted by molar-refractivity contribution is -0.114. The summed E-state index contributed by atoms with van der Waals surface area (Å²) in [6.07, 6.45) is 0.